The van der Waals surface area contributed by atoms with E-state index in [4.69, 9.17) is 19.2 Å². The van der Waals surface area contributed by atoms with Crippen molar-refractivity contribution in [2.24, 2.45) is 0 Å². The maximum absolute atomic E-state index is 14.4. The number of hydrazine groups is 1. The number of aromatic nitrogens is 2. The molecule has 1 saturated heterocycles. The zero-order chi connectivity index (χ0) is 33.9. The second kappa shape index (κ2) is 11.6. The van der Waals surface area contributed by atoms with Crippen molar-refractivity contribution in [1.29, 1.82) is 0 Å². The number of nitrogens with zero attached hydrogens (tertiary/aromatic N) is 3. The number of aliphatic hydroxyl groups excluding tert-OH is 4. The third kappa shape index (κ3) is 4.46. The molecular formula is C34H27LiN4O11. The predicted octanol–water partition coefficient (Wildman–Crippen LogP) is -1.52. The summed E-state index contributed by atoms with van der Waals surface area (Å²) in [7, 11) is 0. The number of imide groups is 1. The molecule has 3 aliphatic rings. The molecule has 50 heavy (non-hydrogen) atoms. The molecule has 5 unspecified atom stereocenters. The number of rotatable bonds is 5. The fourth-order valence-electron chi connectivity index (χ4n) is 7.26. The molecule has 5 atom stereocenters. The van der Waals surface area contributed by atoms with Crippen LogP contribution in [0.15, 0.2) is 54.6 Å². The van der Waals surface area contributed by atoms with Gasteiger partial charge in [0.15, 0.2) is 17.7 Å². The van der Waals surface area contributed by atoms with E-state index in [1.165, 1.54) is 28.8 Å². The van der Waals surface area contributed by atoms with Gasteiger partial charge in [0.25, 0.3) is 11.8 Å². The summed E-state index contributed by atoms with van der Waals surface area (Å²) in [6.45, 7) is -0.531. The topological polar surface area (TPSA) is 218 Å². The molecule has 0 bridgehead atoms. The Morgan fingerprint density at radius 2 is 1.52 bits per heavy atom. The number of hydrogen-bond acceptors (Lipinski definition) is 12. The Balaban J connectivity index is 0.00000361. The van der Waals surface area contributed by atoms with E-state index in [9.17, 15) is 40.2 Å². The van der Waals surface area contributed by atoms with Gasteiger partial charge in [-0.15, -0.1) is 11.0 Å². The summed E-state index contributed by atoms with van der Waals surface area (Å²) >= 11 is 0. The normalized spacial score (nSPS) is 23.0. The van der Waals surface area contributed by atoms with Crippen LogP contribution in [0.4, 0.5) is 0 Å². The number of phenols is 2. The van der Waals surface area contributed by atoms with E-state index < -0.39 is 49.1 Å². The SMILES string of the molecule is O=C1c2c(c3c4ccc(O)cc4n(C4OC(CO)C(O)C(O)C4O)c3c3[n-]c4cc(O)ccc4c23)C(=O)N1NCc1ccc2c(c1)OCO2.[Li+]. The number of hydrogen-bond donors (Lipinski definition) is 7. The van der Waals surface area contributed by atoms with E-state index in [0.717, 1.165) is 5.01 Å². The summed E-state index contributed by atoms with van der Waals surface area (Å²) in [6, 6.07) is 14.0. The molecule has 15 nitrogen and oxygen atoms in total. The maximum Gasteiger partial charge on any atom is 1.00 e. The summed E-state index contributed by atoms with van der Waals surface area (Å²) in [6.07, 6.45) is -7.87. The number of fused-ring (bicyclic) bond motifs is 11. The Labute approximate surface area is 292 Å². The first-order valence-corrected chi connectivity index (χ1v) is 15.4. The molecule has 16 heteroatoms. The smallest absolute Gasteiger partial charge is 0.655 e. The number of aromatic hydroxyl groups is 2. The van der Waals surface area contributed by atoms with Gasteiger partial charge in [0.2, 0.25) is 6.79 Å². The van der Waals surface area contributed by atoms with E-state index in [0.29, 0.717) is 38.7 Å². The minimum absolute atomic E-state index is 0. The molecule has 2 amide bonds. The van der Waals surface area contributed by atoms with Crippen LogP contribution in [0.25, 0.3) is 43.6 Å². The molecule has 4 aromatic carbocycles. The van der Waals surface area contributed by atoms with Crippen molar-refractivity contribution in [3.8, 4) is 23.0 Å². The average molecular weight is 675 g/mol. The number of ether oxygens (including phenoxy) is 3. The largest absolute Gasteiger partial charge is 1.00 e. The van der Waals surface area contributed by atoms with Gasteiger partial charge in [0.1, 0.15) is 35.9 Å². The quantitative estimate of drug-likeness (QED) is 0.0818. The van der Waals surface area contributed by atoms with E-state index in [2.05, 4.69) is 5.43 Å². The molecule has 0 radical (unpaired) electrons. The summed E-state index contributed by atoms with van der Waals surface area (Å²) in [5, 5.41) is 65.8. The zero-order valence-corrected chi connectivity index (χ0v) is 26.3. The third-order valence-corrected chi connectivity index (χ3v) is 9.52. The van der Waals surface area contributed by atoms with Crippen LogP contribution in [0, 0.1) is 0 Å². The van der Waals surface area contributed by atoms with Gasteiger partial charge in [-0.05, 0) is 52.7 Å². The number of amides is 2. The maximum atomic E-state index is 14.4. The molecule has 0 saturated carbocycles. The van der Waals surface area contributed by atoms with Crippen molar-refractivity contribution in [3.63, 3.8) is 0 Å². The Morgan fingerprint density at radius 3 is 2.28 bits per heavy atom. The van der Waals surface area contributed by atoms with Crippen LogP contribution in [0.2, 0.25) is 0 Å². The van der Waals surface area contributed by atoms with E-state index in [1.807, 2.05) is 0 Å². The third-order valence-electron chi connectivity index (χ3n) is 9.52. The second-order valence-corrected chi connectivity index (χ2v) is 12.3. The van der Waals surface area contributed by atoms with Crippen LogP contribution in [0.1, 0.15) is 32.5 Å². The van der Waals surface area contributed by atoms with Gasteiger partial charge in [-0.2, -0.15) is 0 Å². The Kier molecular flexibility index (Phi) is 7.53. The van der Waals surface area contributed by atoms with Gasteiger partial charge in [0.05, 0.1) is 23.3 Å². The van der Waals surface area contributed by atoms with Crippen LogP contribution in [0.3, 0.4) is 0 Å². The number of nitrogens with one attached hydrogen (secondary N) is 1. The van der Waals surface area contributed by atoms with Gasteiger partial charge >= 0.3 is 18.9 Å². The van der Waals surface area contributed by atoms with Crippen molar-refractivity contribution in [2.75, 3.05) is 13.4 Å². The summed E-state index contributed by atoms with van der Waals surface area (Å²) in [4.78, 5) is 33.5. The van der Waals surface area contributed by atoms with E-state index in [-0.39, 0.29) is 76.8 Å². The number of benzene rings is 4. The number of aliphatic hydroxyl groups is 4. The van der Waals surface area contributed by atoms with Gasteiger partial charge in [-0.3, -0.25) is 9.59 Å². The van der Waals surface area contributed by atoms with Crippen LogP contribution < -0.4 is 38.7 Å². The van der Waals surface area contributed by atoms with Crippen molar-refractivity contribution < 1.29 is 73.3 Å². The number of carbonyl (C=O) groups excluding carboxylic acids is 2. The van der Waals surface area contributed by atoms with Crippen molar-refractivity contribution in [3.05, 3.63) is 71.3 Å². The molecular weight excluding hydrogens is 647 g/mol. The fourth-order valence-corrected chi connectivity index (χ4v) is 7.26. The van der Waals surface area contributed by atoms with Gasteiger partial charge < -0.3 is 54.4 Å². The van der Waals surface area contributed by atoms with Crippen LogP contribution in [-0.2, 0) is 11.3 Å². The molecule has 6 aromatic rings. The average Bonchev–Trinajstić information content (AvgIpc) is 3.84. The van der Waals surface area contributed by atoms with Crippen molar-refractivity contribution >= 4 is 55.4 Å². The van der Waals surface area contributed by atoms with E-state index in [1.54, 1.807) is 30.3 Å². The zero-order valence-electron chi connectivity index (χ0n) is 26.3. The molecule has 1 fully saturated rings. The molecule has 2 aromatic heterocycles. The molecule has 9 rings (SSSR count). The number of phenolic OH excluding ortho intramolecular Hbond substituents is 2. The summed E-state index contributed by atoms with van der Waals surface area (Å²) < 4.78 is 18.3. The minimum Gasteiger partial charge on any atom is -0.655 e. The standard InChI is InChI=1S/C34H28N4O11.Li/c39-11-22-29(42)30(43)31(44)34(49-22)37-19-9-15(41)3-5-17(19)24-26-25(23-16-4-2-14(40)8-18(16)36-27(23)28(24)37)32(45)38(33(26)46)35-10-13-1-6-20-21(7-13)48-12-47-20;/h1-9,22,29-31,34-35,39,42-44H,10-12H2,(H3,36,40,41,45,46);/q;+1/p-1. The van der Waals surface area contributed by atoms with E-state index >= 15 is 0 Å². The minimum atomic E-state index is -1.74. The first-order chi connectivity index (χ1) is 23.7. The molecule has 0 spiro atoms. The molecule has 250 valence electrons. The molecule has 3 aliphatic heterocycles. The van der Waals surface area contributed by atoms with Gasteiger partial charge in [-0.25, -0.2) is 10.4 Å². The van der Waals surface area contributed by atoms with Crippen molar-refractivity contribution in [1.82, 2.24) is 20.0 Å². The molecule has 5 heterocycles. The van der Waals surface area contributed by atoms with Gasteiger partial charge in [0, 0.05) is 28.9 Å². The van der Waals surface area contributed by atoms with Crippen LogP contribution in [0.5, 0.6) is 23.0 Å². The molecule has 7 N–H and O–H groups in total. The van der Waals surface area contributed by atoms with Gasteiger partial charge in [-0.1, -0.05) is 12.1 Å². The first-order valence-electron chi connectivity index (χ1n) is 15.4. The van der Waals surface area contributed by atoms with Crippen molar-refractivity contribution in [2.45, 2.75) is 37.2 Å². The Bertz CT molecular complexity index is 2410. The number of carbonyl (C=O) groups is 2. The predicted molar refractivity (Wildman–Crippen MR) is 170 cm³/mol. The Hall–Kier alpha value is -4.82. The van der Waals surface area contributed by atoms with Crippen LogP contribution in [-0.4, -0.2) is 89.8 Å². The fraction of sp³-hybridized carbons (Fsp3) is 0.235. The first kappa shape index (κ1) is 32.4. The van der Waals surface area contributed by atoms with Crippen LogP contribution >= 0.6 is 0 Å². The summed E-state index contributed by atoms with van der Waals surface area (Å²) in [5.74, 6) is -0.472. The second-order valence-electron chi connectivity index (χ2n) is 12.3. The summed E-state index contributed by atoms with van der Waals surface area (Å²) in [5.41, 5.74) is 4.72. The molecule has 0 aliphatic carbocycles. The Morgan fingerprint density at radius 1 is 0.820 bits per heavy atom. The monoisotopic (exact) mass is 674 g/mol.